The molecular weight excluding hydrogens is 355 g/mol. The number of aryl methyl sites for hydroxylation is 1. The molecule has 0 aliphatic carbocycles. The summed E-state index contributed by atoms with van der Waals surface area (Å²) in [5, 5.41) is 3.01. The van der Waals surface area contributed by atoms with Crippen LogP contribution in [0.2, 0.25) is 0 Å². The number of hydrogen-bond acceptors (Lipinski definition) is 2. The Labute approximate surface area is 156 Å². The molecule has 1 fully saturated rings. The molecule has 1 amide bonds. The van der Waals surface area contributed by atoms with Gasteiger partial charge in [0.05, 0.1) is 18.7 Å². The van der Waals surface area contributed by atoms with E-state index in [-0.39, 0.29) is 11.8 Å². The zero-order chi connectivity index (χ0) is 19.6. The predicted molar refractivity (Wildman–Crippen MR) is 97.5 cm³/mol. The summed E-state index contributed by atoms with van der Waals surface area (Å²) in [4.78, 5) is 17.3. The number of hydrogen-bond donors (Lipinski definition) is 1. The first-order valence-corrected chi connectivity index (χ1v) is 8.96. The first kappa shape index (κ1) is 19.2. The molecule has 2 aromatic rings. The molecule has 1 aliphatic heterocycles. The Bertz CT molecular complexity index is 810. The van der Waals surface area contributed by atoms with Gasteiger partial charge in [0, 0.05) is 17.7 Å². The predicted octanol–water partition coefficient (Wildman–Crippen LogP) is 3.99. The number of benzene rings is 1. The number of anilines is 2. The number of nitrogens with zero attached hydrogens (tertiary/aromatic N) is 1. The number of halogens is 3. The summed E-state index contributed by atoms with van der Waals surface area (Å²) in [6, 6.07) is 8.34. The fourth-order valence-electron chi connectivity index (χ4n) is 3.29. The molecule has 0 unspecified atom stereocenters. The largest absolute Gasteiger partial charge is 0.419 e. The summed E-state index contributed by atoms with van der Waals surface area (Å²) in [6.07, 6.45) is -2.06. The molecule has 1 saturated heterocycles. The van der Waals surface area contributed by atoms with E-state index in [1.807, 2.05) is 36.9 Å². The van der Waals surface area contributed by atoms with Crippen LogP contribution in [0.5, 0.6) is 0 Å². The van der Waals surface area contributed by atoms with Crippen LogP contribution in [-0.2, 0) is 11.0 Å². The van der Waals surface area contributed by atoms with Crippen molar-refractivity contribution in [2.45, 2.75) is 32.9 Å². The molecule has 1 aromatic heterocycles. The van der Waals surface area contributed by atoms with E-state index in [2.05, 4.69) is 10.3 Å². The van der Waals surface area contributed by atoms with Crippen molar-refractivity contribution in [2.75, 3.05) is 23.3 Å². The fourth-order valence-corrected chi connectivity index (χ4v) is 3.29. The van der Waals surface area contributed by atoms with Crippen molar-refractivity contribution < 1.29 is 22.9 Å². The van der Waals surface area contributed by atoms with Crippen LogP contribution in [0.15, 0.2) is 36.5 Å². The lowest BCUT2D eigenvalue weighted by atomic mass is 9.95. The van der Waals surface area contributed by atoms with Crippen molar-refractivity contribution in [3.63, 3.8) is 0 Å². The van der Waals surface area contributed by atoms with Gasteiger partial charge in [0.1, 0.15) is 6.20 Å². The SMILES string of the molecule is Cc1cccc(NC(=O)C2CCN(c3ccc(C(F)(F)F)c[nH+]3)CC2)c1C. The average molecular weight is 378 g/mol. The molecule has 0 spiro atoms. The number of H-pyrrole nitrogens is 1. The maximum absolute atomic E-state index is 12.7. The minimum absolute atomic E-state index is 0.000232. The molecule has 2 heterocycles. The van der Waals surface area contributed by atoms with Crippen molar-refractivity contribution in [3.05, 3.63) is 53.2 Å². The van der Waals surface area contributed by atoms with Gasteiger partial charge < -0.3 is 5.32 Å². The smallest absolute Gasteiger partial charge is 0.326 e. The number of nitrogens with one attached hydrogen (secondary N) is 2. The third kappa shape index (κ3) is 4.40. The highest BCUT2D eigenvalue weighted by atomic mass is 19.4. The Morgan fingerprint density at radius 1 is 1.15 bits per heavy atom. The molecule has 0 atom stereocenters. The van der Waals surface area contributed by atoms with E-state index in [4.69, 9.17) is 0 Å². The van der Waals surface area contributed by atoms with Gasteiger partial charge in [-0.3, -0.25) is 9.69 Å². The highest BCUT2D eigenvalue weighted by Gasteiger charge is 2.33. The second kappa shape index (κ2) is 7.58. The van der Waals surface area contributed by atoms with Crippen molar-refractivity contribution >= 4 is 17.4 Å². The molecule has 4 nitrogen and oxygen atoms in total. The number of carbonyl (C=O) groups excluding carboxylic acids is 1. The van der Waals surface area contributed by atoms with Crippen LogP contribution in [0, 0.1) is 19.8 Å². The topological polar surface area (TPSA) is 46.5 Å². The number of carbonyl (C=O) groups is 1. The standard InChI is InChI=1S/C20H22F3N3O/c1-13-4-3-5-17(14(13)2)25-19(27)15-8-10-26(11-9-15)18-7-6-16(12-24-18)20(21,22)23/h3-7,12,15H,8-11H2,1-2H3,(H,25,27)/p+1. The number of aromatic nitrogens is 1. The molecule has 0 bridgehead atoms. The maximum Gasteiger partial charge on any atom is 0.419 e. The molecule has 1 aromatic carbocycles. The van der Waals surface area contributed by atoms with Crippen LogP contribution in [-0.4, -0.2) is 19.0 Å². The summed E-state index contributed by atoms with van der Waals surface area (Å²) in [6.45, 7) is 5.22. The van der Waals surface area contributed by atoms with Crippen molar-refractivity contribution in [3.8, 4) is 0 Å². The first-order valence-electron chi connectivity index (χ1n) is 8.96. The molecule has 0 saturated carbocycles. The quantitative estimate of drug-likeness (QED) is 0.878. The van der Waals surface area contributed by atoms with E-state index in [9.17, 15) is 18.0 Å². The van der Waals surface area contributed by atoms with Crippen LogP contribution < -0.4 is 15.2 Å². The normalized spacial score (nSPS) is 15.7. The molecule has 3 rings (SSSR count). The monoisotopic (exact) mass is 378 g/mol. The van der Waals surface area contributed by atoms with Crippen LogP contribution in [0.1, 0.15) is 29.5 Å². The summed E-state index contributed by atoms with van der Waals surface area (Å²) in [5.41, 5.74) is 2.32. The van der Waals surface area contributed by atoms with Gasteiger partial charge in [-0.25, -0.2) is 4.98 Å². The molecule has 0 radical (unpaired) electrons. The third-order valence-electron chi connectivity index (χ3n) is 5.19. The van der Waals surface area contributed by atoms with Gasteiger partial charge >= 0.3 is 6.18 Å². The van der Waals surface area contributed by atoms with E-state index in [0.29, 0.717) is 31.7 Å². The number of piperidine rings is 1. The van der Waals surface area contributed by atoms with Crippen LogP contribution in [0.25, 0.3) is 0 Å². The summed E-state index contributed by atoms with van der Waals surface area (Å²) >= 11 is 0. The summed E-state index contributed by atoms with van der Waals surface area (Å²) in [7, 11) is 0. The van der Waals surface area contributed by atoms with Gasteiger partial charge in [0.25, 0.3) is 5.82 Å². The first-order chi connectivity index (χ1) is 12.8. The Balaban J connectivity index is 1.58. The number of alkyl halides is 3. The van der Waals surface area contributed by atoms with E-state index in [1.165, 1.54) is 6.07 Å². The number of aromatic amines is 1. The highest BCUT2D eigenvalue weighted by molar-refractivity contribution is 5.93. The Morgan fingerprint density at radius 2 is 1.85 bits per heavy atom. The van der Waals surface area contributed by atoms with Crippen molar-refractivity contribution in [1.29, 1.82) is 0 Å². The number of pyridine rings is 1. The lowest BCUT2D eigenvalue weighted by molar-refractivity contribution is -0.367. The summed E-state index contributed by atoms with van der Waals surface area (Å²) in [5.74, 6) is 0.534. The van der Waals surface area contributed by atoms with Gasteiger partial charge in [-0.2, -0.15) is 13.2 Å². The Kier molecular flexibility index (Phi) is 5.39. The van der Waals surface area contributed by atoms with Crippen molar-refractivity contribution in [2.24, 2.45) is 5.92 Å². The minimum atomic E-state index is -4.35. The van der Waals surface area contributed by atoms with Gasteiger partial charge in [0.15, 0.2) is 0 Å². The zero-order valence-electron chi connectivity index (χ0n) is 15.4. The van der Waals surface area contributed by atoms with Crippen LogP contribution >= 0.6 is 0 Å². The maximum atomic E-state index is 12.7. The Morgan fingerprint density at radius 3 is 2.44 bits per heavy atom. The van der Waals surface area contributed by atoms with E-state index >= 15 is 0 Å². The molecular formula is C20H23F3N3O+. The van der Waals surface area contributed by atoms with Crippen LogP contribution in [0.3, 0.4) is 0 Å². The minimum Gasteiger partial charge on any atom is -0.326 e. The van der Waals surface area contributed by atoms with Gasteiger partial charge in [0.2, 0.25) is 5.91 Å². The second-order valence-electron chi connectivity index (χ2n) is 6.96. The van der Waals surface area contributed by atoms with Gasteiger partial charge in [-0.05, 0) is 49.9 Å². The zero-order valence-corrected chi connectivity index (χ0v) is 15.4. The van der Waals surface area contributed by atoms with Crippen molar-refractivity contribution in [1.82, 2.24) is 0 Å². The lowest BCUT2D eigenvalue weighted by Crippen LogP contribution is -2.40. The number of amides is 1. The molecule has 7 heteroatoms. The van der Waals surface area contributed by atoms with E-state index in [1.54, 1.807) is 0 Å². The highest BCUT2D eigenvalue weighted by Crippen LogP contribution is 2.29. The number of rotatable bonds is 3. The molecule has 2 N–H and O–H groups in total. The fraction of sp³-hybridized carbons (Fsp3) is 0.400. The van der Waals surface area contributed by atoms with Gasteiger partial charge in [-0.1, -0.05) is 12.1 Å². The van der Waals surface area contributed by atoms with Gasteiger partial charge in [-0.15, -0.1) is 0 Å². The second-order valence-corrected chi connectivity index (χ2v) is 6.96. The lowest BCUT2D eigenvalue weighted by Gasteiger charge is -2.27. The summed E-state index contributed by atoms with van der Waals surface area (Å²) < 4.78 is 38.0. The molecule has 1 aliphatic rings. The Hall–Kier alpha value is -2.57. The van der Waals surface area contributed by atoms with E-state index < -0.39 is 11.7 Å². The molecule has 144 valence electrons. The third-order valence-corrected chi connectivity index (χ3v) is 5.19. The van der Waals surface area contributed by atoms with Crippen LogP contribution in [0.4, 0.5) is 24.7 Å². The molecule has 27 heavy (non-hydrogen) atoms. The average Bonchev–Trinajstić information content (AvgIpc) is 2.65. The van der Waals surface area contributed by atoms with E-state index in [0.717, 1.165) is 29.1 Å².